The van der Waals surface area contributed by atoms with Crippen LogP contribution in [0.4, 0.5) is 17.1 Å². The highest BCUT2D eigenvalue weighted by Crippen LogP contribution is 2.24. The van der Waals surface area contributed by atoms with Crippen LogP contribution < -0.4 is 10.0 Å². The van der Waals surface area contributed by atoms with E-state index in [1.807, 2.05) is 13.0 Å². The Kier molecular flexibility index (Phi) is 6.07. The van der Waals surface area contributed by atoms with Crippen molar-refractivity contribution in [2.45, 2.75) is 25.7 Å². The van der Waals surface area contributed by atoms with Gasteiger partial charge < -0.3 is 5.32 Å². The van der Waals surface area contributed by atoms with Gasteiger partial charge in [0, 0.05) is 23.4 Å². The third kappa shape index (κ3) is 5.07. The van der Waals surface area contributed by atoms with Crippen LogP contribution in [0.15, 0.2) is 65.6 Å². The largest absolute Gasteiger partial charge is 0.321 e. The molecule has 0 bridgehead atoms. The van der Waals surface area contributed by atoms with E-state index in [1.54, 1.807) is 32.0 Å². The Morgan fingerprint density at radius 1 is 0.903 bits per heavy atom. The first-order valence-corrected chi connectivity index (χ1v) is 10.8. The summed E-state index contributed by atoms with van der Waals surface area (Å²) in [4.78, 5) is 23.1. The van der Waals surface area contributed by atoms with Crippen LogP contribution >= 0.6 is 0 Å². The number of nitro groups is 1. The van der Waals surface area contributed by atoms with Crippen molar-refractivity contribution >= 4 is 33.0 Å². The number of rotatable bonds is 6. The number of carbonyl (C=O) groups excluding carboxylic acids is 1. The number of hydrogen-bond acceptors (Lipinski definition) is 5. The number of benzene rings is 3. The van der Waals surface area contributed by atoms with Crippen LogP contribution in [0.2, 0.25) is 0 Å². The second-order valence-electron chi connectivity index (χ2n) is 7.16. The van der Waals surface area contributed by atoms with Crippen molar-refractivity contribution in [3.8, 4) is 0 Å². The van der Waals surface area contributed by atoms with Crippen LogP contribution in [0.5, 0.6) is 0 Å². The van der Waals surface area contributed by atoms with Crippen molar-refractivity contribution < 1.29 is 18.1 Å². The molecule has 0 fully saturated rings. The van der Waals surface area contributed by atoms with Crippen LogP contribution in [0, 0.1) is 30.9 Å². The minimum absolute atomic E-state index is 0.128. The van der Waals surface area contributed by atoms with Crippen LogP contribution in [0.1, 0.15) is 27.0 Å². The van der Waals surface area contributed by atoms with Crippen molar-refractivity contribution in [2.24, 2.45) is 0 Å². The van der Waals surface area contributed by atoms with E-state index >= 15 is 0 Å². The first-order chi connectivity index (χ1) is 14.6. The topological polar surface area (TPSA) is 118 Å². The minimum Gasteiger partial charge on any atom is -0.321 e. The van der Waals surface area contributed by atoms with Gasteiger partial charge in [0.1, 0.15) is 0 Å². The van der Waals surface area contributed by atoms with Gasteiger partial charge in [-0.25, -0.2) is 8.42 Å². The minimum atomic E-state index is -3.78. The molecule has 3 rings (SSSR count). The maximum Gasteiger partial charge on any atom is 0.271 e. The Hall–Kier alpha value is -3.72. The van der Waals surface area contributed by atoms with Gasteiger partial charge in [0.05, 0.1) is 15.5 Å². The molecule has 0 heterocycles. The monoisotopic (exact) mass is 439 g/mol. The normalized spacial score (nSPS) is 11.1. The molecule has 8 nitrogen and oxygen atoms in total. The van der Waals surface area contributed by atoms with Gasteiger partial charge >= 0.3 is 0 Å². The molecule has 0 radical (unpaired) electrons. The molecule has 0 atom stereocenters. The molecular weight excluding hydrogens is 418 g/mol. The SMILES string of the molecule is Cc1ccc(C)c(S(=O)(=O)Nc2ccc(C(=O)Nc3cc([N+](=O)[O-])ccc3C)cc2)c1. The van der Waals surface area contributed by atoms with E-state index in [4.69, 9.17) is 0 Å². The Morgan fingerprint density at radius 2 is 1.55 bits per heavy atom. The summed E-state index contributed by atoms with van der Waals surface area (Å²) in [5.74, 6) is -0.465. The van der Waals surface area contributed by atoms with Crippen molar-refractivity contribution in [3.05, 3.63) is 93.0 Å². The standard InChI is InChI=1S/C22H21N3O5S/c1-14-4-5-16(3)21(12-14)31(29,30)24-18-9-7-17(8-10-18)22(26)23-20-13-19(25(27)28)11-6-15(20)2/h4-13,24H,1-3H3,(H,23,26). The number of nitrogens with one attached hydrogen (secondary N) is 2. The predicted molar refractivity (Wildman–Crippen MR) is 119 cm³/mol. The summed E-state index contributed by atoms with van der Waals surface area (Å²) < 4.78 is 27.9. The molecule has 9 heteroatoms. The molecule has 1 amide bonds. The summed E-state index contributed by atoms with van der Waals surface area (Å²) in [6.45, 7) is 5.26. The number of anilines is 2. The summed E-state index contributed by atoms with van der Waals surface area (Å²) in [6, 6.07) is 15.3. The van der Waals surface area contributed by atoms with Crippen LogP contribution in [0.3, 0.4) is 0 Å². The average Bonchev–Trinajstić information content (AvgIpc) is 2.71. The Balaban J connectivity index is 1.77. The van der Waals surface area contributed by atoms with Crippen molar-refractivity contribution in [1.82, 2.24) is 0 Å². The fourth-order valence-electron chi connectivity index (χ4n) is 2.95. The molecule has 0 spiro atoms. The first-order valence-electron chi connectivity index (χ1n) is 9.33. The molecule has 0 saturated heterocycles. The summed E-state index contributed by atoms with van der Waals surface area (Å²) in [6.07, 6.45) is 0. The van der Waals surface area contributed by atoms with Gasteiger partial charge in [-0.2, -0.15) is 0 Å². The second-order valence-corrected chi connectivity index (χ2v) is 8.81. The number of nitro benzene ring substituents is 1. The lowest BCUT2D eigenvalue weighted by Gasteiger charge is -2.12. The predicted octanol–water partition coefficient (Wildman–Crippen LogP) is 4.57. The number of sulfonamides is 1. The van der Waals surface area contributed by atoms with Gasteiger partial charge in [-0.1, -0.05) is 18.2 Å². The van der Waals surface area contributed by atoms with E-state index in [9.17, 15) is 23.3 Å². The molecule has 0 unspecified atom stereocenters. The Labute approximate surface area is 180 Å². The van der Waals surface area contributed by atoms with Crippen LogP contribution in [-0.4, -0.2) is 19.2 Å². The second kappa shape index (κ2) is 8.57. The van der Waals surface area contributed by atoms with E-state index in [2.05, 4.69) is 10.0 Å². The third-order valence-electron chi connectivity index (χ3n) is 4.71. The highest BCUT2D eigenvalue weighted by atomic mass is 32.2. The van der Waals surface area contributed by atoms with E-state index < -0.39 is 20.9 Å². The molecule has 0 aliphatic carbocycles. The molecule has 3 aromatic rings. The summed E-state index contributed by atoms with van der Waals surface area (Å²) in [5.41, 5.74) is 2.92. The lowest BCUT2D eigenvalue weighted by Crippen LogP contribution is -2.15. The van der Waals surface area contributed by atoms with Gasteiger partial charge in [-0.05, 0) is 67.8 Å². The summed E-state index contributed by atoms with van der Waals surface area (Å²) in [5, 5.41) is 13.6. The molecule has 31 heavy (non-hydrogen) atoms. The van der Waals surface area contributed by atoms with E-state index in [-0.39, 0.29) is 16.1 Å². The van der Waals surface area contributed by atoms with E-state index in [0.717, 1.165) is 5.56 Å². The molecule has 160 valence electrons. The van der Waals surface area contributed by atoms with Crippen molar-refractivity contribution in [3.63, 3.8) is 0 Å². The quantitative estimate of drug-likeness (QED) is 0.431. The van der Waals surface area contributed by atoms with Gasteiger partial charge in [0.15, 0.2) is 0 Å². The maximum absolute atomic E-state index is 12.7. The van der Waals surface area contributed by atoms with Crippen LogP contribution in [0.25, 0.3) is 0 Å². The lowest BCUT2D eigenvalue weighted by molar-refractivity contribution is -0.384. The molecular formula is C22H21N3O5S. The third-order valence-corrected chi connectivity index (χ3v) is 6.24. The van der Waals surface area contributed by atoms with Crippen molar-refractivity contribution in [1.29, 1.82) is 0 Å². The molecule has 2 N–H and O–H groups in total. The summed E-state index contributed by atoms with van der Waals surface area (Å²) in [7, 11) is -3.78. The first kappa shape index (κ1) is 22.0. The lowest BCUT2D eigenvalue weighted by atomic mass is 10.1. The molecule has 0 saturated carbocycles. The number of carbonyl (C=O) groups is 1. The van der Waals surface area contributed by atoms with Crippen LogP contribution in [-0.2, 0) is 10.0 Å². The number of aryl methyl sites for hydroxylation is 3. The van der Waals surface area contributed by atoms with Gasteiger partial charge in [0.2, 0.25) is 0 Å². The molecule has 0 aliphatic rings. The maximum atomic E-state index is 12.7. The zero-order chi connectivity index (χ0) is 22.8. The Morgan fingerprint density at radius 3 is 2.19 bits per heavy atom. The molecule has 0 aromatic heterocycles. The van der Waals surface area contributed by atoms with E-state index in [1.165, 1.54) is 36.4 Å². The van der Waals surface area contributed by atoms with E-state index in [0.29, 0.717) is 22.5 Å². The zero-order valence-electron chi connectivity index (χ0n) is 17.2. The van der Waals surface area contributed by atoms with Crippen molar-refractivity contribution in [2.75, 3.05) is 10.0 Å². The average molecular weight is 439 g/mol. The smallest absolute Gasteiger partial charge is 0.271 e. The number of nitrogens with zero attached hydrogens (tertiary/aromatic N) is 1. The number of amides is 1. The fraction of sp³-hybridized carbons (Fsp3) is 0.136. The fourth-order valence-corrected chi connectivity index (χ4v) is 4.34. The van der Waals surface area contributed by atoms with Gasteiger partial charge in [-0.15, -0.1) is 0 Å². The number of non-ortho nitro benzene ring substituents is 1. The molecule has 3 aromatic carbocycles. The van der Waals surface area contributed by atoms with Gasteiger partial charge in [-0.3, -0.25) is 19.6 Å². The molecule has 0 aliphatic heterocycles. The van der Waals surface area contributed by atoms with Gasteiger partial charge in [0.25, 0.3) is 21.6 Å². The number of hydrogen-bond donors (Lipinski definition) is 2. The zero-order valence-corrected chi connectivity index (χ0v) is 18.0. The highest BCUT2D eigenvalue weighted by Gasteiger charge is 2.18. The summed E-state index contributed by atoms with van der Waals surface area (Å²) >= 11 is 0. The Bertz CT molecular complexity index is 1270. The highest BCUT2D eigenvalue weighted by molar-refractivity contribution is 7.92.